The Bertz CT molecular complexity index is 498. The van der Waals surface area contributed by atoms with Crippen LogP contribution in [-0.4, -0.2) is 24.1 Å². The van der Waals surface area contributed by atoms with E-state index >= 15 is 0 Å². The summed E-state index contributed by atoms with van der Waals surface area (Å²) in [7, 11) is 0. The molecule has 0 aromatic carbocycles. The molecule has 0 saturated heterocycles. The monoisotopic (exact) mass is 364 g/mol. The van der Waals surface area contributed by atoms with Gasteiger partial charge in [-0.25, -0.2) is 4.79 Å². The molecular formula is C22H36O4. The summed E-state index contributed by atoms with van der Waals surface area (Å²) in [5, 5.41) is 0. The van der Waals surface area contributed by atoms with E-state index in [1.54, 1.807) is 0 Å². The van der Waals surface area contributed by atoms with Crippen molar-refractivity contribution in [1.82, 2.24) is 0 Å². The van der Waals surface area contributed by atoms with Gasteiger partial charge in [-0.2, -0.15) is 0 Å². The van der Waals surface area contributed by atoms with Crippen LogP contribution < -0.4 is 0 Å². The van der Waals surface area contributed by atoms with Crippen molar-refractivity contribution in [3.05, 3.63) is 0 Å². The highest BCUT2D eigenvalue weighted by atomic mass is 16.6. The zero-order valence-electron chi connectivity index (χ0n) is 17.0. The van der Waals surface area contributed by atoms with Crippen LogP contribution in [0.15, 0.2) is 0 Å². The van der Waals surface area contributed by atoms with Crippen LogP contribution in [0.2, 0.25) is 0 Å². The van der Waals surface area contributed by atoms with Gasteiger partial charge in [-0.15, -0.1) is 0 Å². The summed E-state index contributed by atoms with van der Waals surface area (Å²) in [5.41, 5.74) is -0.330. The lowest BCUT2D eigenvalue weighted by atomic mass is 9.47. The molecule has 0 heterocycles. The number of hydrogen-bond acceptors (Lipinski definition) is 4. The molecule has 4 heteroatoms. The fourth-order valence-corrected chi connectivity index (χ4v) is 6.32. The van der Waals surface area contributed by atoms with Crippen LogP contribution in [0, 0.1) is 35.5 Å². The van der Waals surface area contributed by atoms with E-state index in [0.717, 1.165) is 31.1 Å². The van der Waals surface area contributed by atoms with Gasteiger partial charge in [-0.05, 0) is 74.5 Å². The standard InChI is InChI=1S/C22H36O4/c1-5-7-15(4)22(26-20(23)13-25-21(24)14(3)6-2)18-9-16-8-17(11-18)12-19(22)10-16/h14-19H,5-13H2,1-4H3. The Hall–Kier alpha value is -1.06. The maximum atomic E-state index is 12.7. The van der Waals surface area contributed by atoms with Crippen LogP contribution in [-0.2, 0) is 19.1 Å². The van der Waals surface area contributed by atoms with Crippen molar-refractivity contribution < 1.29 is 19.1 Å². The Kier molecular flexibility index (Phi) is 5.98. The van der Waals surface area contributed by atoms with E-state index in [4.69, 9.17) is 9.47 Å². The van der Waals surface area contributed by atoms with Gasteiger partial charge in [0.15, 0.2) is 6.61 Å². The van der Waals surface area contributed by atoms with E-state index in [1.807, 2.05) is 13.8 Å². The Morgan fingerprint density at radius 2 is 1.58 bits per heavy atom. The minimum Gasteiger partial charge on any atom is -0.456 e. The van der Waals surface area contributed by atoms with Crippen LogP contribution in [0.25, 0.3) is 0 Å². The Labute approximate surface area is 158 Å². The molecule has 2 atom stereocenters. The predicted octanol–water partition coefficient (Wildman–Crippen LogP) is 4.75. The predicted molar refractivity (Wildman–Crippen MR) is 100 cm³/mol. The van der Waals surface area contributed by atoms with E-state index in [-0.39, 0.29) is 30.1 Å². The summed E-state index contributed by atoms with van der Waals surface area (Å²) >= 11 is 0. The number of carbonyl (C=O) groups excluding carboxylic acids is 2. The normalized spacial score (nSPS) is 37.2. The van der Waals surface area contributed by atoms with E-state index in [9.17, 15) is 9.59 Å². The van der Waals surface area contributed by atoms with Crippen molar-refractivity contribution >= 4 is 11.9 Å². The minimum absolute atomic E-state index is 0.169. The fraction of sp³-hybridized carbons (Fsp3) is 0.909. The van der Waals surface area contributed by atoms with Crippen LogP contribution in [0.4, 0.5) is 0 Å². The number of rotatable bonds is 8. The highest BCUT2D eigenvalue weighted by molar-refractivity contribution is 5.77. The van der Waals surface area contributed by atoms with Gasteiger partial charge in [0.1, 0.15) is 5.60 Å². The van der Waals surface area contributed by atoms with Gasteiger partial charge in [-0.3, -0.25) is 4.79 Å². The van der Waals surface area contributed by atoms with Gasteiger partial charge in [0.05, 0.1) is 5.92 Å². The molecule has 4 bridgehead atoms. The molecule has 4 aliphatic rings. The average Bonchev–Trinajstić information content (AvgIpc) is 2.61. The second-order valence-electron chi connectivity index (χ2n) is 9.24. The first-order valence-corrected chi connectivity index (χ1v) is 10.8. The molecule has 26 heavy (non-hydrogen) atoms. The lowest BCUT2D eigenvalue weighted by Crippen LogP contribution is -2.63. The molecule has 4 saturated carbocycles. The van der Waals surface area contributed by atoms with Crippen LogP contribution in [0.3, 0.4) is 0 Å². The quantitative estimate of drug-likeness (QED) is 0.583. The molecule has 4 aliphatic carbocycles. The molecule has 0 aromatic rings. The van der Waals surface area contributed by atoms with Gasteiger partial charge in [-0.1, -0.05) is 34.1 Å². The Morgan fingerprint density at radius 3 is 2.08 bits per heavy atom. The average molecular weight is 365 g/mol. The van der Waals surface area contributed by atoms with E-state index in [0.29, 0.717) is 17.8 Å². The Balaban J connectivity index is 1.71. The van der Waals surface area contributed by atoms with Crippen molar-refractivity contribution in [1.29, 1.82) is 0 Å². The molecule has 4 fully saturated rings. The highest BCUT2D eigenvalue weighted by Crippen LogP contribution is 2.62. The zero-order valence-corrected chi connectivity index (χ0v) is 17.0. The van der Waals surface area contributed by atoms with Gasteiger partial charge in [0, 0.05) is 0 Å². The number of ether oxygens (including phenoxy) is 2. The molecule has 0 N–H and O–H groups in total. The number of esters is 2. The van der Waals surface area contributed by atoms with Crippen molar-refractivity contribution in [2.24, 2.45) is 35.5 Å². The first-order valence-electron chi connectivity index (χ1n) is 10.8. The van der Waals surface area contributed by atoms with E-state index in [1.165, 1.54) is 32.1 Å². The molecule has 0 spiro atoms. The lowest BCUT2D eigenvalue weighted by molar-refractivity contribution is -0.230. The summed E-state index contributed by atoms with van der Waals surface area (Å²) in [6.45, 7) is 8.01. The molecule has 0 radical (unpaired) electrons. The van der Waals surface area contributed by atoms with E-state index < -0.39 is 0 Å². The molecule has 4 rings (SSSR count). The molecule has 0 aromatic heterocycles. The SMILES string of the molecule is CCCC(C)C1(OC(=O)COC(=O)C(C)CC)C2CC3CC(C2)CC1C3. The van der Waals surface area contributed by atoms with Crippen molar-refractivity contribution in [3.8, 4) is 0 Å². The molecule has 2 unspecified atom stereocenters. The molecular weight excluding hydrogens is 328 g/mol. The van der Waals surface area contributed by atoms with Crippen LogP contribution >= 0.6 is 0 Å². The number of carbonyl (C=O) groups is 2. The largest absolute Gasteiger partial charge is 0.456 e. The summed E-state index contributed by atoms with van der Waals surface area (Å²) in [6, 6.07) is 0. The highest BCUT2D eigenvalue weighted by Gasteiger charge is 2.61. The third-order valence-electron chi connectivity index (χ3n) is 7.54. The van der Waals surface area contributed by atoms with Gasteiger partial charge < -0.3 is 9.47 Å². The molecule has 4 nitrogen and oxygen atoms in total. The van der Waals surface area contributed by atoms with Crippen molar-refractivity contribution in [2.45, 2.75) is 84.7 Å². The Morgan fingerprint density at radius 1 is 1.00 bits per heavy atom. The first kappa shape index (κ1) is 19.7. The first-order chi connectivity index (χ1) is 12.4. The maximum absolute atomic E-state index is 12.7. The summed E-state index contributed by atoms with van der Waals surface area (Å²) in [6.07, 6.45) is 9.13. The van der Waals surface area contributed by atoms with Gasteiger partial charge >= 0.3 is 11.9 Å². The number of hydrogen-bond donors (Lipinski definition) is 0. The third-order valence-corrected chi connectivity index (χ3v) is 7.54. The summed E-state index contributed by atoms with van der Waals surface area (Å²) in [5.74, 6) is 2.21. The smallest absolute Gasteiger partial charge is 0.344 e. The van der Waals surface area contributed by atoms with E-state index in [2.05, 4.69) is 13.8 Å². The zero-order chi connectivity index (χ0) is 18.9. The van der Waals surface area contributed by atoms with Crippen molar-refractivity contribution in [2.75, 3.05) is 6.61 Å². The summed E-state index contributed by atoms with van der Waals surface area (Å²) < 4.78 is 11.5. The van der Waals surface area contributed by atoms with Crippen LogP contribution in [0.5, 0.6) is 0 Å². The van der Waals surface area contributed by atoms with Crippen molar-refractivity contribution in [3.63, 3.8) is 0 Å². The third kappa shape index (κ3) is 3.53. The summed E-state index contributed by atoms with van der Waals surface area (Å²) in [4.78, 5) is 24.6. The van der Waals surface area contributed by atoms with Gasteiger partial charge in [0.2, 0.25) is 0 Å². The molecule has 148 valence electrons. The lowest BCUT2D eigenvalue weighted by Gasteiger charge is -2.62. The van der Waals surface area contributed by atoms with Gasteiger partial charge in [0.25, 0.3) is 0 Å². The molecule has 0 amide bonds. The maximum Gasteiger partial charge on any atom is 0.344 e. The second kappa shape index (κ2) is 7.90. The molecule has 0 aliphatic heterocycles. The van der Waals surface area contributed by atoms with Crippen LogP contribution in [0.1, 0.15) is 79.1 Å². The minimum atomic E-state index is -0.350. The topological polar surface area (TPSA) is 52.6 Å². The second-order valence-corrected chi connectivity index (χ2v) is 9.24. The fourth-order valence-electron chi connectivity index (χ4n) is 6.32.